The summed E-state index contributed by atoms with van der Waals surface area (Å²) in [5.41, 5.74) is 0. The van der Waals surface area contributed by atoms with Gasteiger partial charge in [0.05, 0.1) is 0 Å². The third kappa shape index (κ3) is 1.93. The van der Waals surface area contributed by atoms with Gasteiger partial charge in [-0.25, -0.2) is 0 Å². The Labute approximate surface area is 67.0 Å². The number of carbonyl (C=O) groups excluding carboxylic acids is 1. The first kappa shape index (κ1) is 8.53. The van der Waals surface area contributed by atoms with E-state index in [1.807, 2.05) is 6.92 Å². The Morgan fingerprint density at radius 2 is 2.45 bits per heavy atom. The van der Waals surface area contributed by atoms with E-state index in [1.165, 1.54) is 0 Å². The maximum atomic E-state index is 11.2. The van der Waals surface area contributed by atoms with Gasteiger partial charge in [-0.15, -0.1) is 0 Å². The van der Waals surface area contributed by atoms with Crippen molar-refractivity contribution in [3.05, 3.63) is 0 Å². The summed E-state index contributed by atoms with van der Waals surface area (Å²) in [6.07, 6.45) is 1.82. The number of aliphatic hydroxyl groups is 1. The van der Waals surface area contributed by atoms with Crippen LogP contribution in [0.5, 0.6) is 0 Å². The minimum atomic E-state index is -0.727. The minimum absolute atomic E-state index is 0.0851. The molecular formula is C8H15NO2. The van der Waals surface area contributed by atoms with E-state index < -0.39 is 6.10 Å². The molecule has 1 N–H and O–H groups in total. The minimum Gasteiger partial charge on any atom is -0.383 e. The van der Waals surface area contributed by atoms with Crippen LogP contribution in [0.25, 0.3) is 0 Å². The SMILES string of the molecule is CCCN1CCCC(O)C1=O. The average Bonchev–Trinajstić information content (AvgIpc) is 1.99. The number of carbonyl (C=O) groups is 1. The monoisotopic (exact) mass is 157 g/mol. The molecule has 0 aromatic carbocycles. The molecule has 64 valence electrons. The summed E-state index contributed by atoms with van der Waals surface area (Å²) >= 11 is 0. The highest BCUT2D eigenvalue weighted by molar-refractivity contribution is 5.81. The topological polar surface area (TPSA) is 40.5 Å². The summed E-state index contributed by atoms with van der Waals surface area (Å²) in [4.78, 5) is 12.9. The van der Waals surface area contributed by atoms with E-state index >= 15 is 0 Å². The Morgan fingerprint density at radius 3 is 3.09 bits per heavy atom. The zero-order chi connectivity index (χ0) is 8.27. The fourth-order valence-electron chi connectivity index (χ4n) is 1.41. The van der Waals surface area contributed by atoms with Crippen LogP contribution < -0.4 is 0 Å². The highest BCUT2D eigenvalue weighted by Crippen LogP contribution is 2.11. The zero-order valence-electron chi connectivity index (χ0n) is 6.92. The van der Waals surface area contributed by atoms with Crippen LogP contribution in [-0.2, 0) is 4.79 Å². The number of nitrogens with zero attached hydrogens (tertiary/aromatic N) is 1. The molecule has 1 fully saturated rings. The van der Waals surface area contributed by atoms with Crippen molar-refractivity contribution >= 4 is 5.91 Å². The molecule has 0 bridgehead atoms. The quantitative estimate of drug-likeness (QED) is 0.629. The number of rotatable bonds is 2. The van der Waals surface area contributed by atoms with Gasteiger partial charge in [-0.1, -0.05) is 6.92 Å². The summed E-state index contributed by atoms with van der Waals surface area (Å²) in [6.45, 7) is 3.65. The normalized spacial score (nSPS) is 25.8. The van der Waals surface area contributed by atoms with E-state index in [4.69, 9.17) is 0 Å². The smallest absolute Gasteiger partial charge is 0.251 e. The Kier molecular flexibility index (Phi) is 2.88. The van der Waals surface area contributed by atoms with Crippen molar-refractivity contribution in [3.8, 4) is 0 Å². The molecule has 1 atom stereocenters. The van der Waals surface area contributed by atoms with E-state index in [-0.39, 0.29) is 5.91 Å². The van der Waals surface area contributed by atoms with Crippen molar-refractivity contribution in [2.45, 2.75) is 32.3 Å². The van der Waals surface area contributed by atoms with E-state index in [9.17, 15) is 9.90 Å². The first-order valence-electron chi connectivity index (χ1n) is 4.22. The lowest BCUT2D eigenvalue weighted by atomic mass is 10.1. The van der Waals surface area contributed by atoms with Crippen LogP contribution in [0.4, 0.5) is 0 Å². The van der Waals surface area contributed by atoms with Gasteiger partial charge in [0.2, 0.25) is 0 Å². The van der Waals surface area contributed by atoms with Gasteiger partial charge in [0.25, 0.3) is 5.91 Å². The molecule has 1 aliphatic heterocycles. The summed E-state index contributed by atoms with van der Waals surface area (Å²) in [6, 6.07) is 0. The number of aliphatic hydroxyl groups excluding tert-OH is 1. The Bertz CT molecular complexity index is 145. The van der Waals surface area contributed by atoms with Crippen molar-refractivity contribution in [3.63, 3.8) is 0 Å². The maximum Gasteiger partial charge on any atom is 0.251 e. The van der Waals surface area contributed by atoms with Crippen molar-refractivity contribution < 1.29 is 9.90 Å². The molecule has 11 heavy (non-hydrogen) atoms. The summed E-state index contributed by atoms with van der Waals surface area (Å²) in [5, 5.41) is 9.18. The second-order valence-electron chi connectivity index (χ2n) is 2.98. The Hall–Kier alpha value is -0.570. The Morgan fingerprint density at radius 1 is 1.73 bits per heavy atom. The van der Waals surface area contributed by atoms with Gasteiger partial charge < -0.3 is 10.0 Å². The van der Waals surface area contributed by atoms with Crippen LogP contribution in [0.1, 0.15) is 26.2 Å². The van der Waals surface area contributed by atoms with Crippen molar-refractivity contribution in [1.29, 1.82) is 0 Å². The second-order valence-corrected chi connectivity index (χ2v) is 2.98. The number of amides is 1. The third-order valence-electron chi connectivity index (χ3n) is 2.00. The highest BCUT2D eigenvalue weighted by Gasteiger charge is 2.25. The van der Waals surface area contributed by atoms with Crippen LogP contribution in [0, 0.1) is 0 Å². The van der Waals surface area contributed by atoms with Crippen LogP contribution in [-0.4, -0.2) is 35.1 Å². The molecule has 3 heteroatoms. The largest absolute Gasteiger partial charge is 0.383 e. The maximum absolute atomic E-state index is 11.2. The van der Waals surface area contributed by atoms with Crippen LogP contribution in [0.2, 0.25) is 0 Å². The highest BCUT2D eigenvalue weighted by atomic mass is 16.3. The van der Waals surface area contributed by atoms with Crippen molar-refractivity contribution in [2.24, 2.45) is 0 Å². The predicted molar refractivity (Wildman–Crippen MR) is 42.1 cm³/mol. The molecule has 0 spiro atoms. The number of hydrogen-bond acceptors (Lipinski definition) is 2. The molecule has 1 heterocycles. The zero-order valence-corrected chi connectivity index (χ0v) is 6.92. The molecule has 1 saturated heterocycles. The number of piperidine rings is 1. The fraction of sp³-hybridized carbons (Fsp3) is 0.875. The molecule has 0 aromatic heterocycles. The van der Waals surface area contributed by atoms with Gasteiger partial charge in [0, 0.05) is 13.1 Å². The van der Waals surface area contributed by atoms with Crippen LogP contribution in [0.15, 0.2) is 0 Å². The number of likely N-dealkylation sites (tertiary alicyclic amines) is 1. The Balaban J connectivity index is 2.44. The molecule has 0 aromatic rings. The van der Waals surface area contributed by atoms with Gasteiger partial charge in [0.1, 0.15) is 6.10 Å². The third-order valence-corrected chi connectivity index (χ3v) is 2.00. The summed E-state index contributed by atoms with van der Waals surface area (Å²) in [5.74, 6) is -0.0851. The van der Waals surface area contributed by atoms with Gasteiger partial charge >= 0.3 is 0 Å². The summed E-state index contributed by atoms with van der Waals surface area (Å²) in [7, 11) is 0. The molecule has 1 amide bonds. The predicted octanol–water partition coefficient (Wildman–Crippen LogP) is 0.380. The van der Waals surface area contributed by atoms with E-state index in [1.54, 1.807) is 4.90 Å². The van der Waals surface area contributed by atoms with Crippen molar-refractivity contribution in [1.82, 2.24) is 4.90 Å². The summed E-state index contributed by atoms with van der Waals surface area (Å²) < 4.78 is 0. The average molecular weight is 157 g/mol. The lowest BCUT2D eigenvalue weighted by Gasteiger charge is -2.29. The lowest BCUT2D eigenvalue weighted by Crippen LogP contribution is -2.44. The van der Waals surface area contributed by atoms with Gasteiger partial charge in [-0.2, -0.15) is 0 Å². The van der Waals surface area contributed by atoms with Gasteiger partial charge in [-0.05, 0) is 19.3 Å². The molecule has 1 rings (SSSR count). The van der Waals surface area contributed by atoms with E-state index in [2.05, 4.69) is 0 Å². The van der Waals surface area contributed by atoms with Gasteiger partial charge in [-0.3, -0.25) is 4.79 Å². The molecule has 1 unspecified atom stereocenters. The van der Waals surface area contributed by atoms with E-state index in [0.29, 0.717) is 6.42 Å². The van der Waals surface area contributed by atoms with E-state index in [0.717, 1.165) is 25.9 Å². The molecule has 0 saturated carbocycles. The molecular weight excluding hydrogens is 142 g/mol. The molecule has 3 nitrogen and oxygen atoms in total. The first-order valence-corrected chi connectivity index (χ1v) is 4.22. The van der Waals surface area contributed by atoms with Gasteiger partial charge in [0.15, 0.2) is 0 Å². The lowest BCUT2D eigenvalue weighted by molar-refractivity contribution is -0.143. The number of hydrogen-bond donors (Lipinski definition) is 1. The standard InChI is InChI=1S/C8H15NO2/c1-2-5-9-6-3-4-7(10)8(9)11/h7,10H,2-6H2,1H3. The first-order chi connectivity index (χ1) is 5.25. The molecule has 0 radical (unpaired) electrons. The molecule has 1 aliphatic rings. The fourth-order valence-corrected chi connectivity index (χ4v) is 1.41. The second kappa shape index (κ2) is 3.72. The van der Waals surface area contributed by atoms with Crippen LogP contribution >= 0.6 is 0 Å². The van der Waals surface area contributed by atoms with Crippen molar-refractivity contribution in [2.75, 3.05) is 13.1 Å². The molecule has 0 aliphatic carbocycles. The van der Waals surface area contributed by atoms with Crippen LogP contribution in [0.3, 0.4) is 0 Å².